The van der Waals surface area contributed by atoms with Crippen molar-refractivity contribution in [2.45, 2.75) is 19.3 Å². The van der Waals surface area contributed by atoms with Gasteiger partial charge in [-0.15, -0.1) is 6.58 Å². The summed E-state index contributed by atoms with van der Waals surface area (Å²) < 4.78 is 0. The predicted molar refractivity (Wildman–Crippen MR) is 65.7 cm³/mol. The number of pyridine rings is 1. The van der Waals surface area contributed by atoms with Crippen LogP contribution in [0.4, 0.5) is 0 Å². The van der Waals surface area contributed by atoms with Crippen LogP contribution in [0.15, 0.2) is 61.4 Å². The Kier molecular flexibility index (Phi) is 5.91. The van der Waals surface area contributed by atoms with Crippen LogP contribution in [0, 0.1) is 0 Å². The minimum Gasteiger partial charge on any atom is -0.261 e. The second-order valence-electron chi connectivity index (χ2n) is 3.25. The smallest absolute Gasteiger partial charge is 0.0441 e. The van der Waals surface area contributed by atoms with E-state index in [0.717, 1.165) is 12.1 Å². The molecule has 0 atom stereocenters. The zero-order valence-electron chi connectivity index (χ0n) is 8.97. The van der Waals surface area contributed by atoms with E-state index in [1.165, 1.54) is 12.8 Å². The van der Waals surface area contributed by atoms with Crippen LogP contribution in [0.25, 0.3) is 0 Å². The normalized spacial score (nSPS) is 12.8. The molecular weight excluding hydrogens is 182 g/mol. The van der Waals surface area contributed by atoms with Crippen molar-refractivity contribution in [3.8, 4) is 0 Å². The Morgan fingerprint density at radius 1 is 1.20 bits per heavy atom. The maximum absolute atomic E-state index is 4.10. The van der Waals surface area contributed by atoms with Crippen molar-refractivity contribution in [2.75, 3.05) is 0 Å². The molecule has 0 saturated heterocycles. The zero-order chi connectivity index (χ0) is 10.8. The van der Waals surface area contributed by atoms with Crippen LogP contribution in [-0.2, 0) is 6.42 Å². The van der Waals surface area contributed by atoms with Crippen LogP contribution in [0.3, 0.4) is 0 Å². The number of hydrogen-bond acceptors (Lipinski definition) is 1. The molecule has 0 radical (unpaired) electrons. The minimum absolute atomic E-state index is 0.862. The molecule has 0 amide bonds. The number of nitrogens with zero attached hydrogens (tertiary/aromatic N) is 1. The van der Waals surface area contributed by atoms with Gasteiger partial charge in [-0.2, -0.15) is 0 Å². The van der Waals surface area contributed by atoms with Crippen LogP contribution in [0.5, 0.6) is 0 Å². The molecule has 1 heteroatoms. The molecule has 0 unspecified atom stereocenters. The summed E-state index contributed by atoms with van der Waals surface area (Å²) in [5.74, 6) is 0. The summed E-state index contributed by atoms with van der Waals surface area (Å²) in [5, 5.41) is 0. The molecule has 2 rings (SSSR count). The standard InChI is InChI=1S/C8H9N.C6H8/c1-2-5-8-6-3-4-7-9-8;1-2-4-6-5-3-1/h2-4,6-7H,1,5H2;1-4H,5-6H2. The maximum Gasteiger partial charge on any atom is 0.0441 e. The largest absolute Gasteiger partial charge is 0.261 e. The van der Waals surface area contributed by atoms with Gasteiger partial charge in [0, 0.05) is 18.3 Å². The van der Waals surface area contributed by atoms with Gasteiger partial charge in [0.2, 0.25) is 0 Å². The average Bonchev–Trinajstić information content (AvgIpc) is 2.34. The van der Waals surface area contributed by atoms with Crippen molar-refractivity contribution < 1.29 is 0 Å². The molecule has 0 saturated carbocycles. The van der Waals surface area contributed by atoms with Crippen molar-refractivity contribution in [3.05, 3.63) is 67.0 Å². The van der Waals surface area contributed by atoms with Gasteiger partial charge in [0.15, 0.2) is 0 Å². The van der Waals surface area contributed by atoms with E-state index >= 15 is 0 Å². The molecule has 1 nitrogen and oxygen atoms in total. The Bertz CT molecular complexity index is 310. The summed E-state index contributed by atoms with van der Waals surface area (Å²) in [4.78, 5) is 4.10. The highest BCUT2D eigenvalue weighted by molar-refractivity contribution is 5.07. The highest BCUT2D eigenvalue weighted by atomic mass is 14.7. The number of allylic oxidation sites excluding steroid dienone is 5. The molecule has 0 spiro atoms. The second-order valence-corrected chi connectivity index (χ2v) is 3.25. The quantitative estimate of drug-likeness (QED) is 0.662. The molecule has 0 aliphatic heterocycles. The van der Waals surface area contributed by atoms with Crippen molar-refractivity contribution in [1.82, 2.24) is 4.98 Å². The molecule has 1 aromatic heterocycles. The van der Waals surface area contributed by atoms with E-state index in [1.807, 2.05) is 24.3 Å². The summed E-state index contributed by atoms with van der Waals surface area (Å²) in [6, 6.07) is 5.88. The highest BCUT2D eigenvalue weighted by Gasteiger charge is 1.83. The fourth-order valence-corrected chi connectivity index (χ4v) is 1.21. The van der Waals surface area contributed by atoms with Crippen LogP contribution in [0.2, 0.25) is 0 Å². The Balaban J connectivity index is 0.000000162. The van der Waals surface area contributed by atoms with E-state index in [-0.39, 0.29) is 0 Å². The highest BCUT2D eigenvalue weighted by Crippen LogP contribution is 1.98. The lowest BCUT2D eigenvalue weighted by atomic mass is 10.2. The van der Waals surface area contributed by atoms with Gasteiger partial charge in [-0.1, -0.05) is 36.4 Å². The topological polar surface area (TPSA) is 12.9 Å². The number of hydrogen-bond donors (Lipinski definition) is 0. The van der Waals surface area contributed by atoms with E-state index in [9.17, 15) is 0 Å². The van der Waals surface area contributed by atoms with Gasteiger partial charge in [-0.3, -0.25) is 4.98 Å². The van der Waals surface area contributed by atoms with Crippen molar-refractivity contribution in [2.24, 2.45) is 0 Å². The minimum atomic E-state index is 0.862. The molecule has 1 aliphatic carbocycles. The molecule has 0 bridgehead atoms. The van der Waals surface area contributed by atoms with Crippen LogP contribution in [0.1, 0.15) is 18.5 Å². The lowest BCUT2D eigenvalue weighted by molar-refractivity contribution is 1.04. The Labute approximate surface area is 91.9 Å². The fourth-order valence-electron chi connectivity index (χ4n) is 1.21. The SMILES string of the molecule is C1=CCCC=C1.C=CCc1ccccn1. The maximum atomic E-state index is 4.10. The molecule has 1 aliphatic rings. The van der Waals surface area contributed by atoms with Crippen LogP contribution in [-0.4, -0.2) is 4.98 Å². The third-order valence-corrected chi connectivity index (χ3v) is 1.96. The molecule has 0 N–H and O–H groups in total. The first kappa shape index (κ1) is 11.4. The molecule has 0 fully saturated rings. The molecule has 78 valence electrons. The number of rotatable bonds is 2. The molecule has 1 heterocycles. The van der Waals surface area contributed by atoms with E-state index in [2.05, 4.69) is 35.9 Å². The van der Waals surface area contributed by atoms with Gasteiger partial charge < -0.3 is 0 Å². The van der Waals surface area contributed by atoms with Crippen LogP contribution >= 0.6 is 0 Å². The summed E-state index contributed by atoms with van der Waals surface area (Å²) in [5.41, 5.74) is 1.08. The van der Waals surface area contributed by atoms with E-state index < -0.39 is 0 Å². The molecule has 1 aromatic rings. The third-order valence-electron chi connectivity index (χ3n) is 1.96. The van der Waals surface area contributed by atoms with Gasteiger partial charge in [0.25, 0.3) is 0 Å². The molecular formula is C14H17N. The Morgan fingerprint density at radius 3 is 2.33 bits per heavy atom. The molecule has 15 heavy (non-hydrogen) atoms. The van der Waals surface area contributed by atoms with Gasteiger partial charge in [0.1, 0.15) is 0 Å². The van der Waals surface area contributed by atoms with E-state index in [4.69, 9.17) is 0 Å². The lowest BCUT2D eigenvalue weighted by Gasteiger charge is -1.90. The Hall–Kier alpha value is -1.63. The monoisotopic (exact) mass is 199 g/mol. The van der Waals surface area contributed by atoms with Crippen molar-refractivity contribution >= 4 is 0 Å². The predicted octanol–water partition coefficient (Wildman–Crippen LogP) is 3.70. The van der Waals surface area contributed by atoms with Crippen molar-refractivity contribution in [3.63, 3.8) is 0 Å². The van der Waals surface area contributed by atoms with Gasteiger partial charge in [-0.25, -0.2) is 0 Å². The number of aromatic nitrogens is 1. The first-order valence-corrected chi connectivity index (χ1v) is 5.26. The first-order chi connectivity index (χ1) is 7.43. The van der Waals surface area contributed by atoms with E-state index in [1.54, 1.807) is 6.20 Å². The summed E-state index contributed by atoms with van der Waals surface area (Å²) in [6.07, 6.45) is 15.5. The second kappa shape index (κ2) is 7.74. The lowest BCUT2D eigenvalue weighted by Crippen LogP contribution is -1.82. The van der Waals surface area contributed by atoms with Gasteiger partial charge in [0.05, 0.1) is 0 Å². The Morgan fingerprint density at radius 2 is 1.93 bits per heavy atom. The first-order valence-electron chi connectivity index (χ1n) is 5.26. The summed E-state index contributed by atoms with van der Waals surface area (Å²) in [7, 11) is 0. The third kappa shape index (κ3) is 5.63. The van der Waals surface area contributed by atoms with E-state index in [0.29, 0.717) is 0 Å². The molecule has 0 aromatic carbocycles. The summed E-state index contributed by atoms with van der Waals surface area (Å²) >= 11 is 0. The van der Waals surface area contributed by atoms with Gasteiger partial charge in [-0.05, 0) is 25.0 Å². The van der Waals surface area contributed by atoms with Gasteiger partial charge >= 0.3 is 0 Å². The fraction of sp³-hybridized carbons (Fsp3) is 0.214. The average molecular weight is 199 g/mol. The summed E-state index contributed by atoms with van der Waals surface area (Å²) in [6.45, 7) is 3.62. The zero-order valence-corrected chi connectivity index (χ0v) is 8.97. The van der Waals surface area contributed by atoms with Crippen LogP contribution < -0.4 is 0 Å². The van der Waals surface area contributed by atoms with Crippen molar-refractivity contribution in [1.29, 1.82) is 0 Å².